The Kier molecular flexibility index (Phi) is 5.92. The quantitative estimate of drug-likeness (QED) is 0.781. The van der Waals surface area contributed by atoms with E-state index in [-0.39, 0.29) is 0 Å². The molecule has 1 aliphatic rings. The zero-order valence-corrected chi connectivity index (χ0v) is 14.6. The number of hydrogen-bond acceptors (Lipinski definition) is 2. The van der Waals surface area contributed by atoms with Gasteiger partial charge < -0.3 is 10.4 Å². The lowest BCUT2D eigenvalue weighted by molar-refractivity contribution is 0.314. The Hall–Kier alpha value is -1.80. The topological polar surface area (TPSA) is 32.3 Å². The lowest BCUT2D eigenvalue weighted by atomic mass is 9.81. The molecular formula is C22H29NO. The van der Waals surface area contributed by atoms with Gasteiger partial charge in [-0.2, -0.15) is 0 Å². The second kappa shape index (κ2) is 8.34. The van der Waals surface area contributed by atoms with Crippen molar-refractivity contribution in [1.29, 1.82) is 0 Å². The highest BCUT2D eigenvalue weighted by atomic mass is 16.3. The predicted octanol–water partition coefficient (Wildman–Crippen LogP) is 5.03. The standard InChI is InChI=1S/C22H29NO/c1-17(7-8-18-5-3-2-4-6-18)23-21-13-9-19(10-14-21)20-11-15-22(24)16-12-20/h2-6,11-12,15-17,19,21,23-24H,7-10,13-14H2,1H3/t17-,19-,21-/m1/s1. The first-order valence-corrected chi connectivity index (χ1v) is 9.29. The van der Waals surface area contributed by atoms with Gasteiger partial charge in [0.05, 0.1) is 0 Å². The summed E-state index contributed by atoms with van der Waals surface area (Å²) in [4.78, 5) is 0. The van der Waals surface area contributed by atoms with E-state index in [2.05, 4.69) is 54.7 Å². The molecule has 2 N–H and O–H groups in total. The van der Waals surface area contributed by atoms with Gasteiger partial charge in [0.1, 0.15) is 5.75 Å². The molecule has 0 spiro atoms. The van der Waals surface area contributed by atoms with E-state index < -0.39 is 0 Å². The molecule has 2 aromatic rings. The van der Waals surface area contributed by atoms with E-state index in [1.54, 1.807) is 0 Å². The van der Waals surface area contributed by atoms with E-state index in [0.29, 0.717) is 23.8 Å². The molecule has 0 saturated heterocycles. The van der Waals surface area contributed by atoms with Crippen LogP contribution in [0.5, 0.6) is 5.75 Å². The molecule has 1 fully saturated rings. The van der Waals surface area contributed by atoms with Crippen molar-refractivity contribution in [1.82, 2.24) is 5.32 Å². The summed E-state index contributed by atoms with van der Waals surface area (Å²) in [6.07, 6.45) is 7.34. The Bertz CT molecular complexity index is 600. The number of aromatic hydroxyl groups is 1. The SMILES string of the molecule is C[C@H](CCc1ccccc1)N[C@H]1CC[C@H](c2ccc(O)cc2)CC1. The van der Waals surface area contributed by atoms with Crippen LogP contribution in [0.1, 0.15) is 56.1 Å². The first-order valence-electron chi connectivity index (χ1n) is 9.29. The van der Waals surface area contributed by atoms with Gasteiger partial charge in [0.2, 0.25) is 0 Å². The van der Waals surface area contributed by atoms with Gasteiger partial charge in [-0.1, -0.05) is 42.5 Å². The third-order valence-corrected chi connectivity index (χ3v) is 5.32. The minimum atomic E-state index is 0.362. The van der Waals surface area contributed by atoms with Gasteiger partial charge in [-0.15, -0.1) is 0 Å². The summed E-state index contributed by atoms with van der Waals surface area (Å²) >= 11 is 0. The predicted molar refractivity (Wildman–Crippen MR) is 100 cm³/mol. The van der Waals surface area contributed by atoms with Crippen LogP contribution < -0.4 is 5.32 Å². The number of rotatable bonds is 6. The maximum Gasteiger partial charge on any atom is 0.115 e. The molecule has 1 atom stereocenters. The highest BCUT2D eigenvalue weighted by molar-refractivity contribution is 5.28. The molecule has 1 aliphatic carbocycles. The van der Waals surface area contributed by atoms with E-state index >= 15 is 0 Å². The van der Waals surface area contributed by atoms with Crippen molar-refractivity contribution in [2.45, 2.75) is 63.5 Å². The largest absolute Gasteiger partial charge is 0.508 e. The maximum atomic E-state index is 9.42. The van der Waals surface area contributed by atoms with Crippen LogP contribution >= 0.6 is 0 Å². The first kappa shape index (κ1) is 17.0. The monoisotopic (exact) mass is 323 g/mol. The fourth-order valence-corrected chi connectivity index (χ4v) is 3.85. The Morgan fingerprint density at radius 3 is 2.29 bits per heavy atom. The van der Waals surface area contributed by atoms with Crippen LogP contribution in [0.2, 0.25) is 0 Å². The van der Waals surface area contributed by atoms with Crippen LogP contribution in [0.4, 0.5) is 0 Å². The molecule has 0 bridgehead atoms. The third kappa shape index (κ3) is 4.85. The van der Waals surface area contributed by atoms with Gasteiger partial charge >= 0.3 is 0 Å². The third-order valence-electron chi connectivity index (χ3n) is 5.32. The Labute approximate surface area is 145 Å². The van der Waals surface area contributed by atoms with Crippen molar-refractivity contribution in [2.75, 3.05) is 0 Å². The smallest absolute Gasteiger partial charge is 0.115 e. The van der Waals surface area contributed by atoms with Gasteiger partial charge in [0.15, 0.2) is 0 Å². The van der Waals surface area contributed by atoms with Gasteiger partial charge in [-0.05, 0) is 74.6 Å². The number of nitrogens with one attached hydrogen (secondary N) is 1. The van der Waals surface area contributed by atoms with Crippen LogP contribution in [0.25, 0.3) is 0 Å². The second-order valence-electron chi connectivity index (χ2n) is 7.23. The van der Waals surface area contributed by atoms with Crippen LogP contribution in [-0.2, 0) is 6.42 Å². The van der Waals surface area contributed by atoms with Gasteiger partial charge in [-0.3, -0.25) is 0 Å². The number of phenols is 1. The van der Waals surface area contributed by atoms with Crippen LogP contribution in [-0.4, -0.2) is 17.2 Å². The minimum absolute atomic E-state index is 0.362. The number of benzene rings is 2. The molecule has 1 saturated carbocycles. The Morgan fingerprint density at radius 1 is 0.958 bits per heavy atom. The lowest BCUT2D eigenvalue weighted by Crippen LogP contribution is -2.39. The summed E-state index contributed by atoms with van der Waals surface area (Å²) in [6, 6.07) is 19.8. The van der Waals surface area contributed by atoms with Crippen LogP contribution in [0.3, 0.4) is 0 Å². The lowest BCUT2D eigenvalue weighted by Gasteiger charge is -2.31. The van der Waals surface area contributed by atoms with E-state index in [0.717, 1.165) is 6.42 Å². The molecule has 2 aromatic carbocycles. The van der Waals surface area contributed by atoms with Crippen LogP contribution in [0.15, 0.2) is 54.6 Å². The summed E-state index contributed by atoms with van der Waals surface area (Å²) < 4.78 is 0. The van der Waals surface area contributed by atoms with E-state index in [9.17, 15) is 5.11 Å². The molecule has 0 heterocycles. The zero-order chi connectivity index (χ0) is 16.8. The highest BCUT2D eigenvalue weighted by Crippen LogP contribution is 2.33. The summed E-state index contributed by atoms with van der Waals surface area (Å²) in [5, 5.41) is 13.2. The molecule has 3 rings (SSSR count). The highest BCUT2D eigenvalue weighted by Gasteiger charge is 2.23. The average Bonchev–Trinajstić information content (AvgIpc) is 2.62. The van der Waals surface area contributed by atoms with Crippen molar-refractivity contribution in [3.8, 4) is 5.75 Å². The summed E-state index contributed by atoms with van der Waals surface area (Å²) in [6.45, 7) is 2.31. The molecule has 128 valence electrons. The van der Waals surface area contributed by atoms with Crippen molar-refractivity contribution in [3.63, 3.8) is 0 Å². The fourth-order valence-electron chi connectivity index (χ4n) is 3.85. The van der Waals surface area contributed by atoms with Gasteiger partial charge in [0, 0.05) is 12.1 Å². The van der Waals surface area contributed by atoms with Crippen LogP contribution in [0, 0.1) is 0 Å². The van der Waals surface area contributed by atoms with Crippen molar-refractivity contribution in [2.24, 2.45) is 0 Å². The normalized spacial score (nSPS) is 22.2. The molecule has 0 unspecified atom stereocenters. The molecule has 0 radical (unpaired) electrons. The van der Waals surface area contributed by atoms with Gasteiger partial charge in [-0.25, -0.2) is 0 Å². The molecule has 0 aliphatic heterocycles. The van der Waals surface area contributed by atoms with Crippen molar-refractivity contribution in [3.05, 3.63) is 65.7 Å². The first-order chi connectivity index (χ1) is 11.7. The van der Waals surface area contributed by atoms with E-state index in [1.165, 1.54) is 43.2 Å². The number of hydrogen-bond donors (Lipinski definition) is 2. The molecule has 24 heavy (non-hydrogen) atoms. The minimum Gasteiger partial charge on any atom is -0.508 e. The number of phenolic OH excluding ortho intramolecular Hbond substituents is 1. The van der Waals surface area contributed by atoms with Gasteiger partial charge in [0.25, 0.3) is 0 Å². The summed E-state index contributed by atoms with van der Waals surface area (Å²) in [7, 11) is 0. The molecule has 2 nitrogen and oxygen atoms in total. The van der Waals surface area contributed by atoms with Crippen molar-refractivity contribution < 1.29 is 5.11 Å². The molecule has 0 aromatic heterocycles. The zero-order valence-electron chi connectivity index (χ0n) is 14.6. The van der Waals surface area contributed by atoms with E-state index in [1.807, 2.05) is 12.1 Å². The fraction of sp³-hybridized carbons (Fsp3) is 0.455. The molecular weight excluding hydrogens is 294 g/mol. The summed E-state index contributed by atoms with van der Waals surface area (Å²) in [5.74, 6) is 1.02. The Morgan fingerprint density at radius 2 is 1.62 bits per heavy atom. The maximum absolute atomic E-state index is 9.42. The Balaban J connectivity index is 1.41. The molecule has 0 amide bonds. The second-order valence-corrected chi connectivity index (χ2v) is 7.23. The van der Waals surface area contributed by atoms with Crippen molar-refractivity contribution >= 4 is 0 Å². The summed E-state index contributed by atoms with van der Waals surface area (Å²) in [5.41, 5.74) is 2.81. The number of aryl methyl sites for hydroxylation is 1. The van der Waals surface area contributed by atoms with E-state index in [4.69, 9.17) is 0 Å². The molecule has 2 heteroatoms. The average molecular weight is 323 g/mol.